The molecule has 1 saturated heterocycles. The molecule has 2 N–H and O–H groups in total. The maximum absolute atomic E-state index is 12.6. The molecule has 1 atom stereocenters. The molecule has 0 unspecified atom stereocenters. The molecule has 6 heteroatoms. The first-order valence-corrected chi connectivity index (χ1v) is 7.17. The topological polar surface area (TPSA) is 86.7 Å². The van der Waals surface area contributed by atoms with E-state index < -0.39 is 34.4 Å². The number of imide groups is 1. The molecule has 1 fully saturated rings. The Morgan fingerprint density at radius 1 is 1.29 bits per heavy atom. The summed E-state index contributed by atoms with van der Waals surface area (Å²) >= 11 is 0. The summed E-state index contributed by atoms with van der Waals surface area (Å²) in [6, 6.07) is -0.636. The SMILES string of the molecule is CC(C)C[C@](C(=O)O)(N1C(=O)NC(C)(C)C1=O)C(C)(C)C. The van der Waals surface area contributed by atoms with E-state index in [1.807, 2.05) is 13.8 Å². The van der Waals surface area contributed by atoms with Crippen LogP contribution in [0.1, 0.15) is 54.9 Å². The summed E-state index contributed by atoms with van der Waals surface area (Å²) in [4.78, 5) is 38.0. The van der Waals surface area contributed by atoms with E-state index in [0.717, 1.165) is 4.90 Å². The zero-order valence-electron chi connectivity index (χ0n) is 13.9. The number of amides is 3. The average Bonchev–Trinajstić information content (AvgIpc) is 2.43. The van der Waals surface area contributed by atoms with Crippen molar-refractivity contribution in [1.29, 1.82) is 0 Å². The van der Waals surface area contributed by atoms with Crippen LogP contribution in [-0.2, 0) is 9.59 Å². The predicted molar refractivity (Wildman–Crippen MR) is 78.7 cm³/mol. The van der Waals surface area contributed by atoms with Crippen LogP contribution < -0.4 is 5.32 Å². The lowest BCUT2D eigenvalue weighted by atomic mass is 9.68. The average molecular weight is 298 g/mol. The smallest absolute Gasteiger partial charge is 0.330 e. The quantitative estimate of drug-likeness (QED) is 0.779. The van der Waals surface area contributed by atoms with E-state index in [9.17, 15) is 19.5 Å². The summed E-state index contributed by atoms with van der Waals surface area (Å²) in [5, 5.41) is 12.5. The van der Waals surface area contributed by atoms with Crippen LogP contribution in [0.5, 0.6) is 0 Å². The minimum atomic E-state index is -1.57. The summed E-state index contributed by atoms with van der Waals surface area (Å²) in [6.07, 6.45) is 0.209. The van der Waals surface area contributed by atoms with E-state index in [1.54, 1.807) is 34.6 Å². The lowest BCUT2D eigenvalue weighted by Gasteiger charge is -2.46. The Labute approximate surface area is 125 Å². The second kappa shape index (κ2) is 5.00. The second-order valence-electron chi connectivity index (χ2n) is 7.71. The highest BCUT2D eigenvalue weighted by atomic mass is 16.4. The van der Waals surface area contributed by atoms with Crippen molar-refractivity contribution in [3.05, 3.63) is 0 Å². The molecule has 0 aliphatic carbocycles. The number of aliphatic carboxylic acids is 1. The first kappa shape index (κ1) is 17.5. The van der Waals surface area contributed by atoms with Gasteiger partial charge in [-0.15, -0.1) is 0 Å². The van der Waals surface area contributed by atoms with Gasteiger partial charge < -0.3 is 10.4 Å². The van der Waals surface area contributed by atoms with Crippen LogP contribution in [0.15, 0.2) is 0 Å². The Kier molecular flexibility index (Phi) is 4.16. The van der Waals surface area contributed by atoms with Crippen molar-refractivity contribution in [1.82, 2.24) is 10.2 Å². The lowest BCUT2D eigenvalue weighted by molar-refractivity contribution is -0.165. The van der Waals surface area contributed by atoms with Crippen molar-refractivity contribution in [3.63, 3.8) is 0 Å². The molecule has 0 radical (unpaired) electrons. The van der Waals surface area contributed by atoms with E-state index in [-0.39, 0.29) is 12.3 Å². The molecule has 6 nitrogen and oxygen atoms in total. The standard InChI is InChI=1S/C15H26N2O4/c1-9(2)8-15(11(19)20,13(3,4)5)17-10(18)14(6,7)16-12(17)21/h9H,8H2,1-7H3,(H,16,21)(H,19,20)/t15-/m1/s1. The highest BCUT2D eigenvalue weighted by Gasteiger charge is 2.62. The Hall–Kier alpha value is -1.59. The van der Waals surface area contributed by atoms with Crippen molar-refractivity contribution in [2.24, 2.45) is 11.3 Å². The van der Waals surface area contributed by atoms with E-state index in [0.29, 0.717) is 0 Å². The van der Waals surface area contributed by atoms with E-state index >= 15 is 0 Å². The molecule has 1 rings (SSSR count). The molecule has 21 heavy (non-hydrogen) atoms. The Morgan fingerprint density at radius 2 is 1.76 bits per heavy atom. The molecule has 0 saturated carbocycles. The maximum Gasteiger partial charge on any atom is 0.330 e. The number of carboxylic acids is 1. The number of urea groups is 1. The van der Waals surface area contributed by atoms with E-state index in [4.69, 9.17) is 0 Å². The summed E-state index contributed by atoms with van der Waals surface area (Å²) in [5.41, 5.74) is -3.45. The summed E-state index contributed by atoms with van der Waals surface area (Å²) in [7, 11) is 0. The molecule has 3 amide bonds. The second-order valence-corrected chi connectivity index (χ2v) is 7.71. The van der Waals surface area contributed by atoms with Crippen LogP contribution in [0.2, 0.25) is 0 Å². The fourth-order valence-corrected chi connectivity index (χ4v) is 2.92. The van der Waals surface area contributed by atoms with Crippen molar-refractivity contribution >= 4 is 17.9 Å². The minimum absolute atomic E-state index is 0.0182. The first-order chi connectivity index (χ1) is 9.27. The van der Waals surface area contributed by atoms with Gasteiger partial charge >= 0.3 is 12.0 Å². The fourth-order valence-electron chi connectivity index (χ4n) is 2.92. The van der Waals surface area contributed by atoms with Gasteiger partial charge in [0.05, 0.1) is 0 Å². The third kappa shape index (κ3) is 2.63. The molecule has 1 aliphatic rings. The van der Waals surface area contributed by atoms with Gasteiger partial charge in [0.1, 0.15) is 5.54 Å². The van der Waals surface area contributed by atoms with Gasteiger partial charge in [-0.2, -0.15) is 0 Å². The number of carbonyl (C=O) groups excluding carboxylic acids is 2. The number of carbonyl (C=O) groups is 3. The third-order valence-electron chi connectivity index (χ3n) is 4.04. The number of nitrogens with zero attached hydrogens (tertiary/aromatic N) is 1. The normalized spacial score (nSPS) is 21.4. The molecule has 0 aromatic carbocycles. The number of rotatable bonds is 4. The van der Waals surface area contributed by atoms with Crippen LogP contribution >= 0.6 is 0 Å². The zero-order valence-corrected chi connectivity index (χ0v) is 13.9. The molecular formula is C15H26N2O4. The van der Waals surface area contributed by atoms with Gasteiger partial charge in [-0.3, -0.25) is 4.79 Å². The van der Waals surface area contributed by atoms with Gasteiger partial charge in [0.2, 0.25) is 0 Å². The van der Waals surface area contributed by atoms with Crippen molar-refractivity contribution < 1.29 is 19.5 Å². The Balaban J connectivity index is 3.54. The van der Waals surface area contributed by atoms with Crippen LogP contribution in [-0.4, -0.2) is 39.0 Å². The van der Waals surface area contributed by atoms with Gasteiger partial charge in [-0.05, 0) is 31.6 Å². The Bertz CT molecular complexity index is 477. The van der Waals surface area contributed by atoms with E-state index in [2.05, 4.69) is 5.32 Å². The lowest BCUT2D eigenvalue weighted by Crippen LogP contribution is -2.65. The predicted octanol–water partition coefficient (Wildman–Crippen LogP) is 2.23. The van der Waals surface area contributed by atoms with Crippen molar-refractivity contribution in [2.45, 2.75) is 66.0 Å². The minimum Gasteiger partial charge on any atom is -0.479 e. The molecule has 0 spiro atoms. The molecule has 0 aromatic rings. The summed E-state index contributed by atoms with van der Waals surface area (Å²) in [6.45, 7) is 12.2. The molecule has 1 aliphatic heterocycles. The van der Waals surface area contributed by atoms with Crippen molar-refractivity contribution in [3.8, 4) is 0 Å². The van der Waals surface area contributed by atoms with Crippen LogP contribution in [0.25, 0.3) is 0 Å². The summed E-state index contributed by atoms with van der Waals surface area (Å²) < 4.78 is 0. The number of carboxylic acid groups (broad SMARTS) is 1. The number of hydrogen-bond acceptors (Lipinski definition) is 3. The first-order valence-electron chi connectivity index (χ1n) is 7.17. The molecule has 120 valence electrons. The van der Waals surface area contributed by atoms with Crippen LogP contribution in [0.4, 0.5) is 4.79 Å². The summed E-state index contributed by atoms with van der Waals surface area (Å²) in [5.74, 6) is -1.62. The third-order valence-corrected chi connectivity index (χ3v) is 4.04. The van der Waals surface area contributed by atoms with Gasteiger partial charge in [-0.1, -0.05) is 34.6 Å². The largest absolute Gasteiger partial charge is 0.479 e. The number of hydrogen-bond donors (Lipinski definition) is 2. The Morgan fingerprint density at radius 3 is 2.00 bits per heavy atom. The molecule has 0 aromatic heterocycles. The zero-order chi connectivity index (χ0) is 16.8. The molecule has 0 bridgehead atoms. The highest BCUT2D eigenvalue weighted by Crippen LogP contribution is 2.43. The monoisotopic (exact) mass is 298 g/mol. The molecular weight excluding hydrogens is 272 g/mol. The highest BCUT2D eigenvalue weighted by molar-refractivity contribution is 6.10. The molecule has 1 heterocycles. The van der Waals surface area contributed by atoms with Gasteiger partial charge in [0, 0.05) is 0 Å². The van der Waals surface area contributed by atoms with Crippen LogP contribution in [0, 0.1) is 11.3 Å². The van der Waals surface area contributed by atoms with Crippen LogP contribution in [0.3, 0.4) is 0 Å². The van der Waals surface area contributed by atoms with Gasteiger partial charge in [-0.25, -0.2) is 14.5 Å². The number of nitrogens with one attached hydrogen (secondary N) is 1. The fraction of sp³-hybridized carbons (Fsp3) is 0.800. The van der Waals surface area contributed by atoms with Gasteiger partial charge in [0.25, 0.3) is 5.91 Å². The maximum atomic E-state index is 12.6. The van der Waals surface area contributed by atoms with Crippen molar-refractivity contribution in [2.75, 3.05) is 0 Å². The van der Waals surface area contributed by atoms with Gasteiger partial charge in [0.15, 0.2) is 5.54 Å². The van der Waals surface area contributed by atoms with E-state index in [1.165, 1.54) is 0 Å².